The Kier molecular flexibility index (Phi) is 7.88. The van der Waals surface area contributed by atoms with Crippen LogP contribution in [0.25, 0.3) is 0 Å². The largest absolute Gasteiger partial charge is 0.485 e. The molecule has 1 aromatic heterocycles. The third kappa shape index (κ3) is 5.88. The first-order chi connectivity index (χ1) is 15.4. The number of rotatable bonds is 9. The van der Waals surface area contributed by atoms with E-state index in [0.717, 1.165) is 11.3 Å². The number of benzene rings is 2. The standard InChI is InChI=1S/C23H26N4O4S/c1-5-30-22(29)17-9-11-18(12-10-17)24-21(28)14-32-23-26-25-20(27(23)4)13-31-19-8-6-7-15(2)16(19)3/h6-12H,5,13-14H2,1-4H3,(H,24,28). The maximum atomic E-state index is 12.3. The number of esters is 1. The number of carbonyl (C=O) groups is 2. The molecule has 1 heterocycles. The summed E-state index contributed by atoms with van der Waals surface area (Å²) in [4.78, 5) is 24.0. The van der Waals surface area contributed by atoms with E-state index in [1.807, 2.05) is 43.7 Å². The minimum Gasteiger partial charge on any atom is -0.485 e. The van der Waals surface area contributed by atoms with Crippen molar-refractivity contribution in [3.8, 4) is 5.75 Å². The fourth-order valence-corrected chi connectivity index (χ4v) is 3.58. The Labute approximate surface area is 191 Å². The van der Waals surface area contributed by atoms with Crippen molar-refractivity contribution in [3.63, 3.8) is 0 Å². The summed E-state index contributed by atoms with van der Waals surface area (Å²) in [7, 11) is 1.84. The average Bonchev–Trinajstić information content (AvgIpc) is 3.13. The molecule has 0 radical (unpaired) electrons. The lowest BCUT2D eigenvalue weighted by Gasteiger charge is -2.10. The van der Waals surface area contributed by atoms with E-state index in [-0.39, 0.29) is 24.2 Å². The van der Waals surface area contributed by atoms with Crippen molar-refractivity contribution in [3.05, 3.63) is 65.0 Å². The molecule has 0 bridgehead atoms. The molecule has 3 rings (SSSR count). The van der Waals surface area contributed by atoms with E-state index in [1.165, 1.54) is 17.3 Å². The van der Waals surface area contributed by atoms with E-state index in [1.54, 1.807) is 31.2 Å². The van der Waals surface area contributed by atoms with Crippen LogP contribution in [0.4, 0.5) is 5.69 Å². The van der Waals surface area contributed by atoms with Crippen LogP contribution in [0, 0.1) is 13.8 Å². The summed E-state index contributed by atoms with van der Waals surface area (Å²) in [5.74, 6) is 1.08. The van der Waals surface area contributed by atoms with Crippen LogP contribution in [0.2, 0.25) is 0 Å². The fourth-order valence-electron chi connectivity index (χ4n) is 2.85. The zero-order chi connectivity index (χ0) is 23.1. The van der Waals surface area contributed by atoms with Gasteiger partial charge in [-0.1, -0.05) is 23.9 Å². The Morgan fingerprint density at radius 2 is 1.84 bits per heavy atom. The first kappa shape index (κ1) is 23.3. The molecule has 0 aliphatic rings. The fraction of sp³-hybridized carbons (Fsp3) is 0.304. The van der Waals surface area contributed by atoms with E-state index in [4.69, 9.17) is 9.47 Å². The summed E-state index contributed by atoms with van der Waals surface area (Å²) < 4.78 is 12.7. The lowest BCUT2D eigenvalue weighted by molar-refractivity contribution is -0.113. The number of hydrogen-bond donors (Lipinski definition) is 1. The molecule has 0 saturated carbocycles. The van der Waals surface area contributed by atoms with Crippen LogP contribution in [0.15, 0.2) is 47.6 Å². The van der Waals surface area contributed by atoms with Gasteiger partial charge in [0.25, 0.3) is 0 Å². The van der Waals surface area contributed by atoms with Gasteiger partial charge in [0.2, 0.25) is 5.91 Å². The van der Waals surface area contributed by atoms with Crippen LogP contribution in [0.3, 0.4) is 0 Å². The van der Waals surface area contributed by atoms with E-state index < -0.39 is 0 Å². The van der Waals surface area contributed by atoms with Gasteiger partial charge in [0.1, 0.15) is 12.4 Å². The summed E-state index contributed by atoms with van der Waals surface area (Å²) in [6, 6.07) is 12.5. The van der Waals surface area contributed by atoms with Crippen LogP contribution in [-0.4, -0.2) is 39.0 Å². The van der Waals surface area contributed by atoms with E-state index in [2.05, 4.69) is 15.5 Å². The predicted molar refractivity (Wildman–Crippen MR) is 123 cm³/mol. The molecule has 9 heteroatoms. The Balaban J connectivity index is 1.51. The lowest BCUT2D eigenvalue weighted by atomic mass is 10.1. The van der Waals surface area contributed by atoms with Crippen molar-refractivity contribution in [2.45, 2.75) is 32.5 Å². The normalized spacial score (nSPS) is 10.6. The Morgan fingerprint density at radius 3 is 2.56 bits per heavy atom. The Morgan fingerprint density at radius 1 is 1.09 bits per heavy atom. The summed E-state index contributed by atoms with van der Waals surface area (Å²) in [5.41, 5.74) is 3.30. The summed E-state index contributed by atoms with van der Waals surface area (Å²) in [6.07, 6.45) is 0. The molecule has 0 saturated heterocycles. The van der Waals surface area contributed by atoms with Gasteiger partial charge in [-0.05, 0) is 62.2 Å². The zero-order valence-electron chi connectivity index (χ0n) is 18.5. The van der Waals surface area contributed by atoms with E-state index in [0.29, 0.717) is 28.8 Å². The van der Waals surface area contributed by atoms with Gasteiger partial charge in [-0.25, -0.2) is 4.79 Å². The molecule has 2 aromatic carbocycles. The van der Waals surface area contributed by atoms with Gasteiger partial charge in [-0.15, -0.1) is 10.2 Å². The highest BCUT2D eigenvalue weighted by Gasteiger charge is 2.13. The molecule has 1 amide bonds. The van der Waals surface area contributed by atoms with Gasteiger partial charge in [-0.3, -0.25) is 4.79 Å². The third-order valence-electron chi connectivity index (χ3n) is 4.85. The minimum atomic E-state index is -0.388. The van der Waals surface area contributed by atoms with Gasteiger partial charge in [0.05, 0.1) is 17.9 Å². The predicted octanol–water partition coefficient (Wildman–Crippen LogP) is 3.92. The average molecular weight is 455 g/mol. The molecule has 8 nitrogen and oxygen atoms in total. The highest BCUT2D eigenvalue weighted by molar-refractivity contribution is 7.99. The third-order valence-corrected chi connectivity index (χ3v) is 5.87. The molecule has 0 aliphatic heterocycles. The molecule has 168 valence electrons. The van der Waals surface area contributed by atoms with Crippen molar-refractivity contribution in [2.75, 3.05) is 17.7 Å². The molecule has 0 aliphatic carbocycles. The minimum absolute atomic E-state index is 0.170. The Hall–Kier alpha value is -3.33. The SMILES string of the molecule is CCOC(=O)c1ccc(NC(=O)CSc2nnc(COc3cccc(C)c3C)n2C)cc1. The first-order valence-electron chi connectivity index (χ1n) is 10.2. The van der Waals surface area contributed by atoms with Crippen LogP contribution in [0.5, 0.6) is 5.75 Å². The van der Waals surface area contributed by atoms with Crippen LogP contribution in [-0.2, 0) is 23.2 Å². The number of hydrogen-bond acceptors (Lipinski definition) is 7. The van der Waals surface area contributed by atoms with Gasteiger partial charge in [-0.2, -0.15) is 0 Å². The van der Waals surface area contributed by atoms with Crippen molar-refractivity contribution >= 4 is 29.3 Å². The van der Waals surface area contributed by atoms with Crippen molar-refractivity contribution < 1.29 is 19.1 Å². The number of amides is 1. The number of nitrogens with zero attached hydrogens (tertiary/aromatic N) is 3. The molecule has 3 aromatic rings. The van der Waals surface area contributed by atoms with Crippen LogP contribution in [0.1, 0.15) is 34.2 Å². The molecular weight excluding hydrogens is 428 g/mol. The van der Waals surface area contributed by atoms with Gasteiger partial charge < -0.3 is 19.4 Å². The smallest absolute Gasteiger partial charge is 0.338 e. The number of aryl methyl sites for hydroxylation is 1. The lowest BCUT2D eigenvalue weighted by Crippen LogP contribution is -2.15. The number of aromatic nitrogens is 3. The summed E-state index contributed by atoms with van der Waals surface area (Å²) >= 11 is 1.28. The zero-order valence-corrected chi connectivity index (χ0v) is 19.4. The summed E-state index contributed by atoms with van der Waals surface area (Å²) in [5, 5.41) is 11.8. The highest BCUT2D eigenvalue weighted by atomic mass is 32.2. The second-order valence-electron chi connectivity index (χ2n) is 7.08. The molecule has 0 fully saturated rings. The number of anilines is 1. The maximum Gasteiger partial charge on any atom is 0.338 e. The summed E-state index contributed by atoms with van der Waals surface area (Å²) in [6.45, 7) is 6.41. The van der Waals surface area contributed by atoms with E-state index >= 15 is 0 Å². The Bertz CT molecular complexity index is 1100. The molecule has 0 atom stereocenters. The van der Waals surface area contributed by atoms with Crippen LogP contribution < -0.4 is 10.1 Å². The highest BCUT2D eigenvalue weighted by Crippen LogP contribution is 2.22. The van der Waals surface area contributed by atoms with Crippen molar-refractivity contribution in [2.24, 2.45) is 7.05 Å². The number of carbonyl (C=O) groups excluding carboxylic acids is 2. The molecule has 0 spiro atoms. The number of ether oxygens (including phenoxy) is 2. The molecule has 0 unspecified atom stereocenters. The van der Waals surface area contributed by atoms with E-state index in [9.17, 15) is 9.59 Å². The molecule has 32 heavy (non-hydrogen) atoms. The number of thioether (sulfide) groups is 1. The van der Waals surface area contributed by atoms with Crippen LogP contribution >= 0.6 is 11.8 Å². The second kappa shape index (κ2) is 10.8. The monoisotopic (exact) mass is 454 g/mol. The second-order valence-corrected chi connectivity index (χ2v) is 8.02. The van der Waals surface area contributed by atoms with Gasteiger partial charge in [0, 0.05) is 12.7 Å². The maximum absolute atomic E-state index is 12.3. The van der Waals surface area contributed by atoms with Gasteiger partial charge >= 0.3 is 5.97 Å². The molecule has 1 N–H and O–H groups in total. The first-order valence-corrected chi connectivity index (χ1v) is 11.1. The quantitative estimate of drug-likeness (QED) is 0.387. The topological polar surface area (TPSA) is 95.3 Å². The van der Waals surface area contributed by atoms with Crippen molar-refractivity contribution in [1.82, 2.24) is 14.8 Å². The molecular formula is C23H26N4O4S. The van der Waals surface area contributed by atoms with Gasteiger partial charge in [0.15, 0.2) is 11.0 Å². The number of nitrogens with one attached hydrogen (secondary N) is 1. The van der Waals surface area contributed by atoms with Crippen molar-refractivity contribution in [1.29, 1.82) is 0 Å².